The number of carboxylic acid groups (broad SMARTS) is 1. The van der Waals surface area contributed by atoms with E-state index < -0.39 is 23.3 Å². The molecule has 0 saturated heterocycles. The second-order valence-electron chi connectivity index (χ2n) is 3.36. The molecule has 2 N–H and O–H groups in total. The summed E-state index contributed by atoms with van der Waals surface area (Å²) in [5, 5.41) is 18.6. The molecule has 0 amide bonds. The molecule has 0 unspecified atom stereocenters. The topological polar surface area (TPSA) is 87.7 Å². The molecule has 5 nitrogen and oxygen atoms in total. The van der Waals surface area contributed by atoms with Gasteiger partial charge in [-0.25, -0.2) is 4.79 Å². The molecule has 82 valence electrons. The van der Waals surface area contributed by atoms with E-state index in [1.54, 1.807) is 25.1 Å². The van der Waals surface area contributed by atoms with Gasteiger partial charge in [-0.3, -0.25) is 4.79 Å². The van der Waals surface area contributed by atoms with Crippen LogP contribution in [0.5, 0.6) is 5.75 Å². The molecule has 0 aliphatic rings. The number of aliphatic carboxylic acids is 1. The first-order chi connectivity index (χ1) is 7.52. The van der Waals surface area contributed by atoms with Crippen molar-refractivity contribution in [3.63, 3.8) is 0 Å². The summed E-state index contributed by atoms with van der Waals surface area (Å²) in [7, 11) is 0. The highest BCUT2D eigenvalue weighted by atomic mass is 16.4. The minimum atomic E-state index is -1.66. The predicted octanol–water partition coefficient (Wildman–Crippen LogP) is 1.71. The van der Waals surface area contributed by atoms with Crippen molar-refractivity contribution in [1.29, 1.82) is 0 Å². The lowest BCUT2D eigenvalue weighted by Gasteiger charge is -1.93. The number of hydrogen-bond donors (Lipinski definition) is 2. The summed E-state index contributed by atoms with van der Waals surface area (Å²) in [6.45, 7) is 1.73. The van der Waals surface area contributed by atoms with E-state index in [2.05, 4.69) is 0 Å². The lowest BCUT2D eigenvalue weighted by molar-refractivity contribution is -0.131. The molecule has 1 aromatic carbocycles. The fourth-order valence-corrected chi connectivity index (χ4v) is 1.55. The normalized spacial score (nSPS) is 10.6. The Morgan fingerprint density at radius 1 is 1.31 bits per heavy atom. The Morgan fingerprint density at radius 2 is 2.00 bits per heavy atom. The van der Waals surface area contributed by atoms with Crippen LogP contribution in [0.25, 0.3) is 11.0 Å². The number of benzene rings is 1. The number of carbonyl (C=O) groups is 2. The van der Waals surface area contributed by atoms with Crippen LogP contribution in [0.2, 0.25) is 0 Å². The summed E-state index contributed by atoms with van der Waals surface area (Å²) < 4.78 is 5.02. The number of fused-ring (bicyclic) bond motifs is 1. The highest BCUT2D eigenvalue weighted by Crippen LogP contribution is 2.34. The third-order valence-electron chi connectivity index (χ3n) is 2.30. The maximum absolute atomic E-state index is 11.2. The van der Waals surface area contributed by atoms with Crippen molar-refractivity contribution in [3.05, 3.63) is 29.5 Å². The molecular weight excluding hydrogens is 212 g/mol. The van der Waals surface area contributed by atoms with Gasteiger partial charge in [0.15, 0.2) is 5.75 Å². The zero-order valence-electron chi connectivity index (χ0n) is 8.35. The van der Waals surface area contributed by atoms with Crippen LogP contribution < -0.4 is 0 Å². The standard InChI is InChI=1S/C11H8O5/c1-5-3-2-4-6-7(5)8(12)10(16-6)9(13)11(14)15/h2-4,12H,1H3,(H,14,15). The van der Waals surface area contributed by atoms with E-state index in [1.807, 2.05) is 0 Å². The van der Waals surface area contributed by atoms with Crippen LogP contribution in [0.3, 0.4) is 0 Å². The van der Waals surface area contributed by atoms with Crippen LogP contribution in [0.1, 0.15) is 16.1 Å². The first-order valence-corrected chi connectivity index (χ1v) is 4.51. The van der Waals surface area contributed by atoms with Crippen LogP contribution in [0.4, 0.5) is 0 Å². The molecule has 0 fully saturated rings. The van der Waals surface area contributed by atoms with E-state index in [1.165, 1.54) is 0 Å². The maximum Gasteiger partial charge on any atom is 0.380 e. The molecule has 1 heterocycles. The van der Waals surface area contributed by atoms with Gasteiger partial charge in [0.2, 0.25) is 5.76 Å². The second-order valence-corrected chi connectivity index (χ2v) is 3.36. The molecule has 5 heteroatoms. The fourth-order valence-electron chi connectivity index (χ4n) is 1.55. The van der Waals surface area contributed by atoms with Crippen LogP contribution >= 0.6 is 0 Å². The summed E-state index contributed by atoms with van der Waals surface area (Å²) >= 11 is 0. The third-order valence-corrected chi connectivity index (χ3v) is 2.30. The number of Topliss-reactive ketones (excluding diaryl/α,β-unsaturated/α-hetero) is 1. The molecule has 0 saturated carbocycles. The monoisotopic (exact) mass is 220 g/mol. The van der Waals surface area contributed by atoms with Gasteiger partial charge in [0, 0.05) is 0 Å². The van der Waals surface area contributed by atoms with Gasteiger partial charge in [0.1, 0.15) is 5.58 Å². The van der Waals surface area contributed by atoms with Crippen molar-refractivity contribution in [2.24, 2.45) is 0 Å². The van der Waals surface area contributed by atoms with E-state index in [0.717, 1.165) is 0 Å². The molecule has 2 aromatic rings. The number of carbonyl (C=O) groups excluding carboxylic acids is 1. The largest absolute Gasteiger partial charge is 0.504 e. The fraction of sp³-hybridized carbons (Fsp3) is 0.0909. The van der Waals surface area contributed by atoms with Crippen molar-refractivity contribution in [3.8, 4) is 5.75 Å². The molecule has 2 rings (SSSR count). The van der Waals surface area contributed by atoms with E-state index in [4.69, 9.17) is 9.52 Å². The molecule has 0 atom stereocenters. The highest BCUT2D eigenvalue weighted by molar-refractivity contribution is 6.40. The van der Waals surface area contributed by atoms with Crippen molar-refractivity contribution in [2.75, 3.05) is 0 Å². The Bertz CT molecular complexity index is 594. The maximum atomic E-state index is 11.2. The molecule has 0 bridgehead atoms. The van der Waals surface area contributed by atoms with Crippen molar-refractivity contribution in [2.45, 2.75) is 6.92 Å². The minimum Gasteiger partial charge on any atom is -0.504 e. The Hall–Kier alpha value is -2.30. The molecule has 0 aliphatic carbocycles. The van der Waals surface area contributed by atoms with Crippen LogP contribution in [-0.2, 0) is 4.79 Å². The van der Waals surface area contributed by atoms with Crippen molar-refractivity contribution < 1.29 is 24.2 Å². The molecule has 0 aliphatic heterocycles. The van der Waals surface area contributed by atoms with Crippen molar-refractivity contribution in [1.82, 2.24) is 0 Å². The Morgan fingerprint density at radius 3 is 2.56 bits per heavy atom. The van der Waals surface area contributed by atoms with Gasteiger partial charge in [-0.2, -0.15) is 0 Å². The Balaban J connectivity index is 2.75. The average Bonchev–Trinajstić information content (AvgIpc) is 2.56. The van der Waals surface area contributed by atoms with Crippen LogP contribution in [-0.4, -0.2) is 22.0 Å². The summed E-state index contributed by atoms with van der Waals surface area (Å²) in [4.78, 5) is 21.7. The van der Waals surface area contributed by atoms with Gasteiger partial charge in [-0.1, -0.05) is 12.1 Å². The minimum absolute atomic E-state index is 0.294. The smallest absolute Gasteiger partial charge is 0.380 e. The third kappa shape index (κ3) is 1.33. The van der Waals surface area contributed by atoms with Gasteiger partial charge in [0.05, 0.1) is 5.39 Å². The van der Waals surface area contributed by atoms with Crippen LogP contribution in [0, 0.1) is 6.92 Å². The van der Waals surface area contributed by atoms with Gasteiger partial charge in [0.25, 0.3) is 0 Å². The SMILES string of the molecule is Cc1cccc2oc(C(=O)C(=O)O)c(O)c12. The molecule has 0 radical (unpaired) electrons. The van der Waals surface area contributed by atoms with Crippen LogP contribution in [0.15, 0.2) is 22.6 Å². The van der Waals surface area contributed by atoms with Gasteiger partial charge in [-0.15, -0.1) is 0 Å². The first kappa shape index (κ1) is 10.2. The Kier molecular flexibility index (Phi) is 2.16. The quantitative estimate of drug-likeness (QED) is 0.594. The van der Waals surface area contributed by atoms with E-state index in [0.29, 0.717) is 16.5 Å². The summed E-state index contributed by atoms with van der Waals surface area (Å²) in [6.07, 6.45) is 0. The lowest BCUT2D eigenvalue weighted by atomic mass is 10.1. The number of aromatic hydroxyl groups is 1. The number of carboxylic acids is 1. The zero-order valence-corrected chi connectivity index (χ0v) is 8.35. The molecule has 16 heavy (non-hydrogen) atoms. The average molecular weight is 220 g/mol. The van der Waals surface area contributed by atoms with E-state index in [-0.39, 0.29) is 0 Å². The van der Waals surface area contributed by atoms with Gasteiger partial charge in [-0.05, 0) is 18.6 Å². The number of furan rings is 1. The van der Waals surface area contributed by atoms with Crippen molar-refractivity contribution >= 4 is 22.7 Å². The van der Waals surface area contributed by atoms with E-state index >= 15 is 0 Å². The molecule has 1 aromatic heterocycles. The number of rotatable bonds is 2. The summed E-state index contributed by atoms with van der Waals surface area (Å²) in [5.41, 5.74) is 1.00. The first-order valence-electron chi connectivity index (χ1n) is 4.51. The predicted molar refractivity (Wildman–Crippen MR) is 54.6 cm³/mol. The number of hydrogen-bond acceptors (Lipinski definition) is 4. The summed E-state index contributed by atoms with van der Waals surface area (Å²) in [5.74, 6) is -3.86. The number of aryl methyl sites for hydroxylation is 1. The number of ketones is 1. The van der Waals surface area contributed by atoms with Gasteiger partial charge < -0.3 is 14.6 Å². The van der Waals surface area contributed by atoms with Gasteiger partial charge >= 0.3 is 11.8 Å². The zero-order chi connectivity index (χ0) is 11.9. The Labute approximate surface area is 89.9 Å². The van der Waals surface area contributed by atoms with E-state index in [9.17, 15) is 14.7 Å². The second kappa shape index (κ2) is 3.37. The molecule has 0 spiro atoms. The molecular formula is C11H8O5. The lowest BCUT2D eigenvalue weighted by Crippen LogP contribution is -2.11. The highest BCUT2D eigenvalue weighted by Gasteiger charge is 2.26. The summed E-state index contributed by atoms with van der Waals surface area (Å²) in [6, 6.07) is 4.98.